The van der Waals surface area contributed by atoms with Crippen LogP contribution in [0.1, 0.15) is 84.0 Å². The van der Waals surface area contributed by atoms with Gasteiger partial charge in [0.15, 0.2) is 15.5 Å². The molecule has 1 aliphatic heterocycles. The molecule has 7 rings (SSSR count). The summed E-state index contributed by atoms with van der Waals surface area (Å²) in [7, 11) is 0. The maximum atomic E-state index is 14.1. The monoisotopic (exact) mass is 862 g/mol. The van der Waals surface area contributed by atoms with Gasteiger partial charge in [-0.25, -0.2) is 13.2 Å². The average molecular weight is 863 g/mol. The van der Waals surface area contributed by atoms with Crippen molar-refractivity contribution in [1.82, 2.24) is 0 Å². The third-order valence-electron chi connectivity index (χ3n) is 9.10. The van der Waals surface area contributed by atoms with Crippen molar-refractivity contribution in [3.63, 3.8) is 0 Å². The molecule has 0 aromatic heterocycles. The molecule has 0 bridgehead atoms. The lowest BCUT2D eigenvalue weighted by Crippen LogP contribution is -1.87. The van der Waals surface area contributed by atoms with E-state index in [1.807, 2.05) is 54.6 Å². The van der Waals surface area contributed by atoms with E-state index in [1.165, 1.54) is 46.6 Å². The fourth-order valence-electron chi connectivity index (χ4n) is 6.25. The van der Waals surface area contributed by atoms with Crippen LogP contribution in [0.25, 0.3) is 33.2 Å². The third kappa shape index (κ3) is 11.7. The molecule has 0 radical (unpaired) electrons. The van der Waals surface area contributed by atoms with E-state index < -0.39 is 15.5 Å². The fraction of sp³-hybridized carbons (Fsp3) is 0.200. The fourth-order valence-corrected chi connectivity index (χ4v) is 6.54. The second-order valence-electron chi connectivity index (χ2n) is 13.2. The molecule has 1 aliphatic rings. The summed E-state index contributed by atoms with van der Waals surface area (Å²) < 4.78 is 57.9. The lowest BCUT2D eigenvalue weighted by molar-refractivity contribution is 0.198. The molecular weight excluding hydrogens is 819 g/mol. The molecule has 0 aliphatic carbocycles. The van der Waals surface area contributed by atoms with Gasteiger partial charge >= 0.3 is 0 Å². The van der Waals surface area contributed by atoms with Gasteiger partial charge in [-0.1, -0.05) is 135 Å². The highest BCUT2D eigenvalue weighted by molar-refractivity contribution is 14.1. The van der Waals surface area contributed by atoms with E-state index in [0.29, 0.717) is 10.8 Å². The Bertz CT molecular complexity index is 2410. The number of rotatable bonds is 6. The van der Waals surface area contributed by atoms with Crippen molar-refractivity contribution in [2.24, 2.45) is 0 Å². The molecule has 0 saturated carbocycles. The Hall–Kier alpha value is -5.15. The molecule has 1 fully saturated rings. The van der Waals surface area contributed by atoms with Gasteiger partial charge in [0.2, 0.25) is 0 Å². The minimum Gasteiger partial charge on any atom is -0.381 e. The van der Waals surface area contributed by atoms with Crippen molar-refractivity contribution in [2.75, 3.05) is 13.2 Å². The number of fused-ring (bicyclic) bond motifs is 2. The Labute approximate surface area is 341 Å². The van der Waals surface area contributed by atoms with Crippen molar-refractivity contribution in [2.45, 2.75) is 52.4 Å². The first-order valence-corrected chi connectivity index (χ1v) is 19.9. The van der Waals surface area contributed by atoms with Crippen LogP contribution in [0.5, 0.6) is 0 Å². The second-order valence-corrected chi connectivity index (χ2v) is 14.1. The molecule has 56 heavy (non-hydrogen) atoms. The normalized spacial score (nSPS) is 12.6. The molecule has 0 amide bonds. The molecule has 0 spiro atoms. The first kappa shape index (κ1) is 42.0. The Kier molecular flexibility index (Phi) is 16.4. The van der Waals surface area contributed by atoms with Crippen molar-refractivity contribution in [1.29, 1.82) is 0 Å². The molecule has 6 aromatic rings. The molecule has 6 aromatic carbocycles. The average Bonchev–Trinajstić information content (AvgIpc) is 3.84. The van der Waals surface area contributed by atoms with Crippen molar-refractivity contribution in [3.8, 4) is 23.7 Å². The van der Waals surface area contributed by atoms with Crippen LogP contribution in [-0.2, 0) is 17.6 Å². The zero-order chi connectivity index (χ0) is 39.7. The second kappa shape index (κ2) is 21.8. The molecule has 0 unspecified atom stereocenters. The first-order chi connectivity index (χ1) is 27.3. The van der Waals surface area contributed by atoms with Crippen molar-refractivity contribution >= 4 is 55.8 Å². The van der Waals surface area contributed by atoms with Gasteiger partial charge in [0, 0.05) is 46.6 Å². The van der Waals surface area contributed by atoms with Gasteiger partial charge in [-0.3, -0.25) is 0 Å². The highest BCUT2D eigenvalue weighted by Crippen LogP contribution is 2.33. The Balaban J connectivity index is 0.000000190. The Morgan fingerprint density at radius 2 is 1.00 bits per heavy atom. The van der Waals surface area contributed by atoms with Crippen molar-refractivity contribution in [3.05, 3.63) is 176 Å². The number of hydrogen-bond donors (Lipinski definition) is 0. The van der Waals surface area contributed by atoms with E-state index in [0.717, 1.165) is 71.9 Å². The van der Waals surface area contributed by atoms with E-state index in [4.69, 9.17) is 4.74 Å². The molecule has 1 nitrogen and oxygen atoms in total. The van der Waals surface area contributed by atoms with E-state index in [1.54, 1.807) is 42.5 Å². The Morgan fingerprint density at radius 1 is 0.571 bits per heavy atom. The van der Waals surface area contributed by atoms with Crippen LogP contribution in [-0.4, -0.2) is 13.2 Å². The summed E-state index contributed by atoms with van der Waals surface area (Å²) in [5.74, 6) is 10.9. The zero-order valence-corrected chi connectivity index (χ0v) is 33.7. The van der Waals surface area contributed by atoms with E-state index in [-0.39, 0.29) is 17.5 Å². The minimum absolute atomic E-state index is 0.00895. The standard InChI is InChI=1S/C23H17F2I.C23H18F2.C4H8O/c1-2-5-16-8-10-17(11-9-16)12-13-18-14-15-21(22(24)23(25)26)20-7-4-3-6-19(18)20;1-2-5-17-8-10-18(11-9-17)12-13-19-14-15-22(23(25)16-24)21-7-4-3-6-20(19)21;1-2-4-5-3-1/h3-4,6-11,14-15H,2,5H2,1H3;3-4,6-11,14-16H,2,5H2,1H3;1-4H2/b23-22-;23-16+;. The van der Waals surface area contributed by atoms with E-state index in [9.17, 15) is 17.6 Å². The lowest BCUT2D eigenvalue weighted by Gasteiger charge is -2.06. The number of ether oxygens (including phenoxy) is 1. The van der Waals surface area contributed by atoms with Crippen LogP contribution in [0.4, 0.5) is 17.6 Å². The van der Waals surface area contributed by atoms with Gasteiger partial charge in [0.25, 0.3) is 0 Å². The number of halogens is 5. The molecule has 284 valence electrons. The van der Waals surface area contributed by atoms with Crippen LogP contribution < -0.4 is 0 Å². The SMILES string of the molecule is C1CCOC1.CCCc1ccc(C#Cc2ccc(/C(F)=C(\F)I)c3ccccc23)cc1.CCCc1ccc(C#Cc2ccc(/C(F)=C\F)c3ccccc23)cc1. The maximum absolute atomic E-state index is 14.1. The van der Waals surface area contributed by atoms with E-state index in [2.05, 4.69) is 61.8 Å². The maximum Gasteiger partial charge on any atom is 0.196 e. The predicted molar refractivity (Wildman–Crippen MR) is 234 cm³/mol. The third-order valence-corrected chi connectivity index (χ3v) is 9.57. The minimum atomic E-state index is -0.873. The molecule has 0 atom stereocenters. The van der Waals surface area contributed by atoms with Crippen LogP contribution in [0.2, 0.25) is 0 Å². The van der Waals surface area contributed by atoms with Gasteiger partial charge in [-0.2, -0.15) is 4.39 Å². The summed E-state index contributed by atoms with van der Waals surface area (Å²) in [6.07, 6.45) is 6.91. The summed E-state index contributed by atoms with van der Waals surface area (Å²) in [5, 5.41) is 2.93. The quantitative estimate of drug-likeness (QED) is 0.0921. The largest absolute Gasteiger partial charge is 0.381 e. The molecule has 6 heteroatoms. The van der Waals surface area contributed by atoms with Gasteiger partial charge in [-0.15, -0.1) is 0 Å². The predicted octanol–water partition coefficient (Wildman–Crippen LogP) is 14.4. The highest BCUT2D eigenvalue weighted by atomic mass is 127. The van der Waals surface area contributed by atoms with Crippen LogP contribution in [0.15, 0.2) is 131 Å². The van der Waals surface area contributed by atoms with Crippen LogP contribution >= 0.6 is 22.6 Å². The number of hydrogen-bond acceptors (Lipinski definition) is 1. The van der Waals surface area contributed by atoms with Gasteiger partial charge in [0.05, 0.1) is 0 Å². The lowest BCUT2D eigenvalue weighted by atomic mass is 9.99. The van der Waals surface area contributed by atoms with Gasteiger partial charge in [0.1, 0.15) is 6.33 Å². The summed E-state index contributed by atoms with van der Waals surface area (Å²) in [4.78, 5) is 0. The van der Waals surface area contributed by atoms with Crippen molar-refractivity contribution < 1.29 is 22.3 Å². The molecule has 0 N–H and O–H groups in total. The Morgan fingerprint density at radius 3 is 1.39 bits per heavy atom. The van der Waals surface area contributed by atoms with Crippen LogP contribution in [0, 0.1) is 23.7 Å². The topological polar surface area (TPSA) is 9.23 Å². The van der Waals surface area contributed by atoms with Gasteiger partial charge < -0.3 is 4.74 Å². The van der Waals surface area contributed by atoms with E-state index >= 15 is 0 Å². The smallest absolute Gasteiger partial charge is 0.196 e. The summed E-state index contributed by atoms with van der Waals surface area (Å²) in [5.41, 5.74) is 6.55. The van der Waals surface area contributed by atoms with Crippen LogP contribution in [0.3, 0.4) is 0 Å². The summed E-state index contributed by atoms with van der Waals surface area (Å²) >= 11 is 1.36. The number of benzene rings is 6. The zero-order valence-electron chi connectivity index (χ0n) is 31.6. The summed E-state index contributed by atoms with van der Waals surface area (Å²) in [6.45, 7) is 6.31. The summed E-state index contributed by atoms with van der Waals surface area (Å²) in [6, 6.07) is 37.8. The highest BCUT2D eigenvalue weighted by Gasteiger charge is 2.12. The number of aryl methyl sites for hydroxylation is 2. The first-order valence-electron chi connectivity index (χ1n) is 18.8. The molecule has 1 heterocycles. The molecule has 1 saturated heterocycles. The molecular formula is C50H43F4IO. The van der Waals surface area contributed by atoms with Gasteiger partial charge in [-0.05, 0) is 117 Å².